The molecule has 0 bridgehead atoms. The Morgan fingerprint density at radius 3 is 3.00 bits per heavy atom. The highest BCUT2D eigenvalue weighted by atomic mass is 79.9. The number of hydrogen-bond donors (Lipinski definition) is 1. The van der Waals surface area contributed by atoms with Crippen LogP contribution in [0.2, 0.25) is 0 Å². The lowest BCUT2D eigenvalue weighted by molar-refractivity contribution is 0.465. The molecule has 0 spiro atoms. The lowest BCUT2D eigenvalue weighted by Gasteiger charge is -2.02. The second kappa shape index (κ2) is 3.55. The van der Waals surface area contributed by atoms with Crippen LogP contribution in [-0.4, -0.2) is 10.1 Å². The van der Waals surface area contributed by atoms with Gasteiger partial charge < -0.3 is 5.11 Å². The predicted molar refractivity (Wildman–Crippen MR) is 47.7 cm³/mol. The topological polar surface area (TPSA) is 56.9 Å². The summed E-state index contributed by atoms with van der Waals surface area (Å²) in [6.45, 7) is 1.83. The number of nitriles is 1. The SMILES string of the molecule is Cc1cc(O)c(CC#N)nc1Br. The quantitative estimate of drug-likeness (QED) is 0.745. The van der Waals surface area contributed by atoms with E-state index in [9.17, 15) is 5.11 Å². The fourth-order valence-electron chi connectivity index (χ4n) is 0.817. The van der Waals surface area contributed by atoms with Gasteiger partial charge in [-0.1, -0.05) is 0 Å². The van der Waals surface area contributed by atoms with Crippen molar-refractivity contribution in [2.24, 2.45) is 0 Å². The molecule has 0 fully saturated rings. The fourth-order valence-corrected chi connectivity index (χ4v) is 1.15. The maximum Gasteiger partial charge on any atom is 0.138 e. The molecule has 3 nitrogen and oxygen atoms in total. The average Bonchev–Trinajstić information content (AvgIpc) is 2.01. The molecule has 1 aromatic rings. The van der Waals surface area contributed by atoms with Crippen LogP contribution >= 0.6 is 15.9 Å². The van der Waals surface area contributed by atoms with Crippen molar-refractivity contribution in [1.29, 1.82) is 5.26 Å². The predicted octanol–water partition coefficient (Wildman–Crippen LogP) is 1.92. The van der Waals surface area contributed by atoms with Crippen LogP contribution in [-0.2, 0) is 6.42 Å². The molecule has 0 saturated carbocycles. The normalized spacial score (nSPS) is 9.42. The summed E-state index contributed by atoms with van der Waals surface area (Å²) in [6.07, 6.45) is 0.130. The van der Waals surface area contributed by atoms with Crippen molar-refractivity contribution in [2.45, 2.75) is 13.3 Å². The summed E-state index contributed by atoms with van der Waals surface area (Å²) in [5.74, 6) is 0.0808. The Morgan fingerprint density at radius 1 is 1.75 bits per heavy atom. The number of aromatic hydroxyl groups is 1. The maximum atomic E-state index is 9.31. The first-order valence-electron chi connectivity index (χ1n) is 3.37. The number of pyridine rings is 1. The lowest BCUT2D eigenvalue weighted by Crippen LogP contribution is -1.91. The molecule has 1 aromatic heterocycles. The van der Waals surface area contributed by atoms with Crippen LogP contribution in [0.15, 0.2) is 10.7 Å². The van der Waals surface area contributed by atoms with Crippen molar-refractivity contribution in [3.05, 3.63) is 21.9 Å². The van der Waals surface area contributed by atoms with Crippen LogP contribution < -0.4 is 0 Å². The molecule has 0 aromatic carbocycles. The minimum Gasteiger partial charge on any atom is -0.506 e. The Bertz CT molecular complexity index is 344. The van der Waals surface area contributed by atoms with E-state index in [4.69, 9.17) is 5.26 Å². The first-order chi connectivity index (χ1) is 5.65. The van der Waals surface area contributed by atoms with E-state index >= 15 is 0 Å². The van der Waals surface area contributed by atoms with Gasteiger partial charge in [0.1, 0.15) is 10.4 Å². The van der Waals surface area contributed by atoms with Gasteiger partial charge in [0.25, 0.3) is 0 Å². The Morgan fingerprint density at radius 2 is 2.42 bits per heavy atom. The van der Waals surface area contributed by atoms with Crippen LogP contribution in [0.4, 0.5) is 0 Å². The highest BCUT2D eigenvalue weighted by molar-refractivity contribution is 9.10. The second-order valence-corrected chi connectivity index (χ2v) is 3.15. The van der Waals surface area contributed by atoms with Crippen LogP contribution in [0.25, 0.3) is 0 Å². The van der Waals surface area contributed by atoms with E-state index in [0.29, 0.717) is 10.3 Å². The molecule has 0 aliphatic carbocycles. The highest BCUT2D eigenvalue weighted by Gasteiger charge is 2.05. The van der Waals surface area contributed by atoms with Gasteiger partial charge in [-0.25, -0.2) is 4.98 Å². The summed E-state index contributed by atoms with van der Waals surface area (Å²) < 4.78 is 0.672. The van der Waals surface area contributed by atoms with Crippen molar-refractivity contribution in [3.8, 4) is 11.8 Å². The van der Waals surface area contributed by atoms with Crippen LogP contribution in [0.1, 0.15) is 11.3 Å². The first-order valence-corrected chi connectivity index (χ1v) is 4.16. The summed E-state index contributed by atoms with van der Waals surface area (Å²) in [7, 11) is 0. The smallest absolute Gasteiger partial charge is 0.138 e. The molecule has 0 atom stereocenters. The summed E-state index contributed by atoms with van der Waals surface area (Å²) in [4.78, 5) is 4.01. The van der Waals surface area contributed by atoms with E-state index in [1.807, 2.05) is 13.0 Å². The molecule has 12 heavy (non-hydrogen) atoms. The molecular formula is C8H7BrN2O. The highest BCUT2D eigenvalue weighted by Crippen LogP contribution is 2.22. The molecule has 0 radical (unpaired) electrons. The maximum absolute atomic E-state index is 9.31. The summed E-state index contributed by atoms with van der Waals surface area (Å²) in [5, 5.41) is 17.7. The van der Waals surface area contributed by atoms with E-state index in [1.165, 1.54) is 0 Å². The molecule has 62 valence electrons. The van der Waals surface area contributed by atoms with E-state index in [2.05, 4.69) is 20.9 Å². The molecule has 0 aliphatic heterocycles. The zero-order valence-corrected chi connectivity index (χ0v) is 8.09. The van der Waals surface area contributed by atoms with Crippen molar-refractivity contribution in [2.75, 3.05) is 0 Å². The third-order valence-corrected chi connectivity index (χ3v) is 2.26. The Kier molecular flexibility index (Phi) is 2.66. The van der Waals surface area contributed by atoms with Gasteiger partial charge in [-0.3, -0.25) is 0 Å². The largest absolute Gasteiger partial charge is 0.506 e. The van der Waals surface area contributed by atoms with Crippen molar-refractivity contribution >= 4 is 15.9 Å². The molecule has 1 rings (SSSR count). The van der Waals surface area contributed by atoms with Gasteiger partial charge >= 0.3 is 0 Å². The van der Waals surface area contributed by atoms with Crippen LogP contribution in [0, 0.1) is 18.3 Å². The molecule has 1 N–H and O–H groups in total. The molecule has 0 amide bonds. The third-order valence-electron chi connectivity index (χ3n) is 1.45. The molecular weight excluding hydrogens is 220 g/mol. The van der Waals surface area contributed by atoms with Crippen molar-refractivity contribution < 1.29 is 5.11 Å². The number of nitrogens with zero attached hydrogens (tertiary/aromatic N) is 2. The number of rotatable bonds is 1. The monoisotopic (exact) mass is 226 g/mol. The first kappa shape index (κ1) is 9.01. The number of aryl methyl sites for hydroxylation is 1. The Hall–Kier alpha value is -1.08. The fraction of sp³-hybridized carbons (Fsp3) is 0.250. The number of halogens is 1. The van der Waals surface area contributed by atoms with E-state index in [1.54, 1.807) is 6.07 Å². The molecule has 4 heteroatoms. The summed E-state index contributed by atoms with van der Waals surface area (Å²) >= 11 is 3.22. The van der Waals surface area contributed by atoms with Gasteiger partial charge in [-0.2, -0.15) is 5.26 Å². The zero-order chi connectivity index (χ0) is 9.14. The van der Waals surface area contributed by atoms with Gasteiger partial charge in [-0.15, -0.1) is 0 Å². The average molecular weight is 227 g/mol. The number of aromatic nitrogens is 1. The summed E-state index contributed by atoms with van der Waals surface area (Å²) in [5.41, 5.74) is 1.27. The van der Waals surface area contributed by atoms with Gasteiger partial charge in [0.2, 0.25) is 0 Å². The zero-order valence-electron chi connectivity index (χ0n) is 6.50. The van der Waals surface area contributed by atoms with E-state index < -0.39 is 0 Å². The van der Waals surface area contributed by atoms with Gasteiger partial charge in [-0.05, 0) is 34.5 Å². The Balaban J connectivity index is 3.16. The summed E-state index contributed by atoms with van der Waals surface area (Å²) in [6, 6.07) is 3.52. The van der Waals surface area contributed by atoms with Crippen LogP contribution in [0.3, 0.4) is 0 Å². The third kappa shape index (κ3) is 1.74. The minimum absolute atomic E-state index is 0.0808. The lowest BCUT2D eigenvalue weighted by atomic mass is 10.2. The van der Waals surface area contributed by atoms with Crippen molar-refractivity contribution in [3.63, 3.8) is 0 Å². The van der Waals surface area contributed by atoms with Gasteiger partial charge in [0, 0.05) is 0 Å². The molecule has 1 heterocycles. The van der Waals surface area contributed by atoms with E-state index in [-0.39, 0.29) is 12.2 Å². The Labute approximate surface area is 78.8 Å². The van der Waals surface area contributed by atoms with Gasteiger partial charge in [0.05, 0.1) is 18.2 Å². The van der Waals surface area contributed by atoms with Gasteiger partial charge in [0.15, 0.2) is 0 Å². The molecule has 0 saturated heterocycles. The molecule has 0 unspecified atom stereocenters. The molecule has 0 aliphatic rings. The van der Waals surface area contributed by atoms with E-state index in [0.717, 1.165) is 5.56 Å². The van der Waals surface area contributed by atoms with Crippen LogP contribution in [0.5, 0.6) is 5.75 Å². The van der Waals surface area contributed by atoms with Crippen molar-refractivity contribution in [1.82, 2.24) is 4.98 Å². The standard InChI is InChI=1S/C8H7BrN2O/c1-5-4-7(12)6(2-3-10)11-8(5)9/h4,12H,2H2,1H3. The minimum atomic E-state index is 0.0808. The number of hydrogen-bond acceptors (Lipinski definition) is 3. The second-order valence-electron chi connectivity index (χ2n) is 2.40.